The Morgan fingerprint density at radius 2 is 1.91 bits per heavy atom. The fourth-order valence-electron chi connectivity index (χ4n) is 4.83. The summed E-state index contributed by atoms with van der Waals surface area (Å²) >= 11 is 0. The van der Waals surface area contributed by atoms with Crippen molar-refractivity contribution in [1.29, 1.82) is 0 Å². The van der Waals surface area contributed by atoms with Gasteiger partial charge in [0.1, 0.15) is 30.1 Å². The molecule has 0 N–H and O–H groups in total. The second-order valence-electron chi connectivity index (χ2n) is 8.30. The number of amides is 2. The van der Waals surface area contributed by atoms with Gasteiger partial charge in [0.15, 0.2) is 0 Å². The Labute approximate surface area is 188 Å². The quantitative estimate of drug-likeness (QED) is 0.660. The van der Waals surface area contributed by atoms with Crippen molar-refractivity contribution in [2.75, 3.05) is 40.0 Å². The highest BCUT2D eigenvalue weighted by Gasteiger charge is 2.63. The monoisotopic (exact) mass is 439 g/mol. The molecular weight excluding hydrogens is 410 g/mol. The highest BCUT2D eigenvalue weighted by molar-refractivity contribution is 5.78. The SMILES string of the molecule is COCC(=O)N1CCC2(CC1)OC(=O)N(CCOc1ccccc1)C2(C)c1cccnc1. The van der Waals surface area contributed by atoms with Crippen LogP contribution < -0.4 is 4.74 Å². The van der Waals surface area contributed by atoms with E-state index in [1.165, 1.54) is 7.11 Å². The van der Waals surface area contributed by atoms with Crippen molar-refractivity contribution in [2.24, 2.45) is 0 Å². The molecule has 1 unspecified atom stereocenters. The molecule has 2 aromatic rings. The lowest BCUT2D eigenvalue weighted by Crippen LogP contribution is -2.59. The maximum absolute atomic E-state index is 13.1. The molecule has 8 nitrogen and oxygen atoms in total. The summed E-state index contributed by atoms with van der Waals surface area (Å²) in [5.74, 6) is 0.700. The van der Waals surface area contributed by atoms with Crippen LogP contribution in [-0.4, -0.2) is 72.3 Å². The number of ether oxygens (including phenoxy) is 3. The van der Waals surface area contributed by atoms with E-state index in [4.69, 9.17) is 14.2 Å². The lowest BCUT2D eigenvalue weighted by atomic mass is 9.70. The highest BCUT2D eigenvalue weighted by atomic mass is 16.6. The van der Waals surface area contributed by atoms with Crippen LogP contribution in [0, 0.1) is 0 Å². The molecule has 1 aromatic carbocycles. The van der Waals surface area contributed by atoms with Crippen molar-refractivity contribution in [2.45, 2.75) is 30.9 Å². The number of carbonyl (C=O) groups excluding carboxylic acids is 2. The van der Waals surface area contributed by atoms with Crippen molar-refractivity contribution in [3.63, 3.8) is 0 Å². The summed E-state index contributed by atoms with van der Waals surface area (Å²) in [7, 11) is 1.51. The molecule has 1 aromatic heterocycles. The molecule has 2 saturated heterocycles. The Bertz CT molecular complexity index is 931. The summed E-state index contributed by atoms with van der Waals surface area (Å²) in [6, 6.07) is 13.4. The van der Waals surface area contributed by atoms with Crippen molar-refractivity contribution in [1.82, 2.24) is 14.8 Å². The lowest BCUT2D eigenvalue weighted by Gasteiger charge is -2.48. The second-order valence-corrected chi connectivity index (χ2v) is 8.30. The third-order valence-electron chi connectivity index (χ3n) is 6.67. The Hall–Kier alpha value is -3.13. The second kappa shape index (κ2) is 9.16. The van der Waals surface area contributed by atoms with Gasteiger partial charge in [-0.1, -0.05) is 24.3 Å². The Balaban J connectivity index is 1.57. The summed E-state index contributed by atoms with van der Waals surface area (Å²) in [6.45, 7) is 3.79. The first kappa shape index (κ1) is 22.1. The van der Waals surface area contributed by atoms with E-state index in [1.807, 2.05) is 49.4 Å². The minimum atomic E-state index is -0.760. The number of carbonyl (C=O) groups is 2. The van der Waals surface area contributed by atoms with Gasteiger partial charge in [-0.25, -0.2) is 4.79 Å². The average molecular weight is 440 g/mol. The minimum Gasteiger partial charge on any atom is -0.492 e. The normalized spacial score (nSPS) is 22.1. The molecule has 2 aliphatic rings. The zero-order valence-corrected chi connectivity index (χ0v) is 18.5. The van der Waals surface area contributed by atoms with Crippen LogP contribution in [0.1, 0.15) is 25.3 Å². The molecule has 1 spiro atoms. The zero-order chi connectivity index (χ0) is 22.6. The van der Waals surface area contributed by atoms with E-state index in [9.17, 15) is 9.59 Å². The number of hydrogen-bond acceptors (Lipinski definition) is 6. The van der Waals surface area contributed by atoms with Crippen LogP contribution >= 0.6 is 0 Å². The van der Waals surface area contributed by atoms with Gasteiger partial charge in [0.2, 0.25) is 5.91 Å². The van der Waals surface area contributed by atoms with Gasteiger partial charge >= 0.3 is 6.09 Å². The van der Waals surface area contributed by atoms with E-state index in [0.717, 1.165) is 11.3 Å². The molecule has 8 heteroatoms. The first-order valence-corrected chi connectivity index (χ1v) is 10.9. The van der Waals surface area contributed by atoms with Crippen LogP contribution in [0.3, 0.4) is 0 Å². The number of nitrogens with zero attached hydrogens (tertiary/aromatic N) is 3. The number of hydrogen-bond donors (Lipinski definition) is 0. The van der Waals surface area contributed by atoms with E-state index in [-0.39, 0.29) is 18.6 Å². The Kier molecular flexibility index (Phi) is 6.32. The van der Waals surface area contributed by atoms with Crippen molar-refractivity contribution in [3.8, 4) is 5.75 Å². The molecule has 2 amide bonds. The largest absolute Gasteiger partial charge is 0.492 e. The van der Waals surface area contributed by atoms with E-state index < -0.39 is 11.1 Å². The topological polar surface area (TPSA) is 81.2 Å². The molecule has 2 fully saturated rings. The van der Waals surface area contributed by atoms with E-state index in [2.05, 4.69) is 4.98 Å². The van der Waals surface area contributed by atoms with Gasteiger partial charge in [-0.05, 0) is 30.7 Å². The van der Waals surface area contributed by atoms with Crippen LogP contribution in [0.2, 0.25) is 0 Å². The highest BCUT2D eigenvalue weighted by Crippen LogP contribution is 2.51. The van der Waals surface area contributed by atoms with Crippen molar-refractivity contribution in [3.05, 3.63) is 60.4 Å². The third-order valence-corrected chi connectivity index (χ3v) is 6.67. The van der Waals surface area contributed by atoms with Crippen molar-refractivity contribution >= 4 is 12.0 Å². The molecule has 32 heavy (non-hydrogen) atoms. The molecule has 0 bridgehead atoms. The molecular formula is C24H29N3O5. The van der Waals surface area contributed by atoms with Crippen LogP contribution in [0.25, 0.3) is 0 Å². The molecule has 0 aliphatic carbocycles. The number of methoxy groups -OCH3 is 1. The van der Waals surface area contributed by atoms with Crippen LogP contribution in [0.4, 0.5) is 4.79 Å². The number of rotatable bonds is 7. The third kappa shape index (κ3) is 3.90. The first-order valence-electron chi connectivity index (χ1n) is 10.9. The first-order chi connectivity index (χ1) is 15.5. The number of aromatic nitrogens is 1. The molecule has 0 radical (unpaired) electrons. The number of piperidine rings is 1. The maximum atomic E-state index is 13.1. The Morgan fingerprint density at radius 1 is 1.16 bits per heavy atom. The molecule has 0 saturated carbocycles. The van der Waals surface area contributed by atoms with Crippen LogP contribution in [0.15, 0.2) is 54.9 Å². The van der Waals surface area contributed by atoms with Crippen molar-refractivity contribution < 1.29 is 23.8 Å². The fourth-order valence-corrected chi connectivity index (χ4v) is 4.83. The standard InChI is InChI=1S/C24H29N3O5/c1-23(19-7-6-12-25-17-19)24(10-13-26(14-11-24)21(28)18-30-2)32-22(29)27(23)15-16-31-20-8-4-3-5-9-20/h3-9,12,17H,10-11,13-16,18H2,1-2H3. The summed E-state index contributed by atoms with van der Waals surface area (Å²) in [5, 5.41) is 0. The number of likely N-dealkylation sites (tertiary alicyclic amines) is 1. The summed E-state index contributed by atoms with van der Waals surface area (Å²) in [6.07, 6.45) is 4.21. The lowest BCUT2D eigenvalue weighted by molar-refractivity contribution is -0.140. The van der Waals surface area contributed by atoms with Gasteiger partial charge in [-0.3, -0.25) is 14.7 Å². The predicted octanol–water partition coefficient (Wildman–Crippen LogP) is 2.84. The zero-order valence-electron chi connectivity index (χ0n) is 18.5. The van der Waals surface area contributed by atoms with E-state index in [0.29, 0.717) is 39.1 Å². The number of benzene rings is 1. The molecule has 4 rings (SSSR count). The molecule has 3 heterocycles. The summed E-state index contributed by atoms with van der Waals surface area (Å²) in [5.41, 5.74) is -0.597. The fraction of sp³-hybridized carbons (Fsp3) is 0.458. The van der Waals surface area contributed by atoms with Crippen LogP contribution in [-0.2, 0) is 19.8 Å². The number of pyridine rings is 1. The molecule has 2 aliphatic heterocycles. The van der Waals surface area contributed by atoms with Gasteiger partial charge in [0.05, 0.1) is 6.54 Å². The smallest absolute Gasteiger partial charge is 0.411 e. The van der Waals surface area contributed by atoms with E-state index in [1.54, 1.807) is 22.2 Å². The average Bonchev–Trinajstić information content (AvgIpc) is 3.02. The van der Waals surface area contributed by atoms with Crippen LogP contribution in [0.5, 0.6) is 5.75 Å². The Morgan fingerprint density at radius 3 is 2.56 bits per heavy atom. The predicted molar refractivity (Wildman–Crippen MR) is 117 cm³/mol. The maximum Gasteiger partial charge on any atom is 0.411 e. The van der Waals surface area contributed by atoms with Gasteiger partial charge < -0.3 is 19.1 Å². The molecule has 1 atom stereocenters. The number of para-hydroxylation sites is 1. The summed E-state index contributed by atoms with van der Waals surface area (Å²) < 4.78 is 17.0. The van der Waals surface area contributed by atoms with E-state index >= 15 is 0 Å². The minimum absolute atomic E-state index is 0.0512. The van der Waals surface area contributed by atoms with Gasteiger partial charge in [-0.2, -0.15) is 0 Å². The molecule has 170 valence electrons. The van der Waals surface area contributed by atoms with Gasteiger partial charge in [0.25, 0.3) is 0 Å². The van der Waals surface area contributed by atoms with Gasteiger partial charge in [0, 0.05) is 45.4 Å². The summed E-state index contributed by atoms with van der Waals surface area (Å²) in [4.78, 5) is 33.2. The van der Waals surface area contributed by atoms with Gasteiger partial charge in [-0.15, -0.1) is 0 Å².